The van der Waals surface area contributed by atoms with Gasteiger partial charge in [0.25, 0.3) is 5.91 Å². The van der Waals surface area contributed by atoms with E-state index in [1.807, 2.05) is 32.1 Å². The third-order valence-corrected chi connectivity index (χ3v) is 4.13. The van der Waals surface area contributed by atoms with Crippen LogP contribution >= 0.6 is 0 Å². The molecule has 0 aromatic heterocycles. The van der Waals surface area contributed by atoms with Crippen LogP contribution in [0.3, 0.4) is 0 Å². The molecule has 5 heteroatoms. The quantitative estimate of drug-likeness (QED) is 0.847. The minimum atomic E-state index is -0.177. The van der Waals surface area contributed by atoms with Gasteiger partial charge in [0.05, 0.1) is 19.9 Å². The number of carbonyl (C=O) groups is 1. The maximum Gasteiger partial charge on any atom is 0.256 e. The Balaban J connectivity index is 2.13. The van der Waals surface area contributed by atoms with Crippen LogP contribution in [0.15, 0.2) is 24.3 Å². The average Bonchev–Trinajstić information content (AvgIpc) is 2.86. The molecule has 124 valence electrons. The summed E-state index contributed by atoms with van der Waals surface area (Å²) in [5.41, 5.74) is 4.41. The van der Waals surface area contributed by atoms with Crippen molar-refractivity contribution in [3.8, 4) is 17.2 Å². The van der Waals surface area contributed by atoms with Crippen molar-refractivity contribution in [1.82, 2.24) is 0 Å². The molecule has 0 radical (unpaired) electrons. The Hall–Kier alpha value is -2.95. The largest absolute Gasteiger partial charge is 0.507 e. The number of phenolic OH excluding ortho intramolecular Hbond substituents is 1. The third kappa shape index (κ3) is 2.58. The van der Waals surface area contributed by atoms with E-state index >= 15 is 0 Å². The molecule has 1 aliphatic heterocycles. The smallest absolute Gasteiger partial charge is 0.256 e. The predicted octanol–water partition coefficient (Wildman–Crippen LogP) is 3.52. The average molecular weight is 325 g/mol. The molecule has 0 fully saturated rings. The third-order valence-electron chi connectivity index (χ3n) is 4.13. The molecule has 0 saturated heterocycles. The number of aromatic hydroxyl groups is 1. The number of amides is 1. The van der Waals surface area contributed by atoms with Crippen LogP contribution in [0.4, 0.5) is 5.69 Å². The number of hydrogen-bond acceptors (Lipinski definition) is 4. The Morgan fingerprint density at radius 2 is 1.58 bits per heavy atom. The van der Waals surface area contributed by atoms with Crippen LogP contribution < -0.4 is 14.8 Å². The molecule has 0 unspecified atom stereocenters. The molecule has 2 aromatic carbocycles. The van der Waals surface area contributed by atoms with E-state index in [1.54, 1.807) is 26.4 Å². The molecule has 0 bridgehead atoms. The molecule has 24 heavy (non-hydrogen) atoms. The van der Waals surface area contributed by atoms with Gasteiger partial charge < -0.3 is 19.9 Å². The van der Waals surface area contributed by atoms with Crippen molar-refractivity contribution in [3.05, 3.63) is 46.5 Å². The molecule has 1 heterocycles. The van der Waals surface area contributed by atoms with Crippen LogP contribution in [0.1, 0.15) is 22.3 Å². The second kappa shape index (κ2) is 5.92. The molecule has 2 aromatic rings. The highest BCUT2D eigenvalue weighted by Crippen LogP contribution is 2.41. The SMILES string of the molecule is COc1cc2c(cc1OC)C(=Cc1cc(C)c(O)c(C)c1)C(=O)N2. The number of methoxy groups -OCH3 is 2. The van der Waals surface area contributed by atoms with Gasteiger partial charge in [0.15, 0.2) is 11.5 Å². The summed E-state index contributed by atoms with van der Waals surface area (Å²) in [5.74, 6) is 1.23. The maximum absolute atomic E-state index is 12.4. The van der Waals surface area contributed by atoms with E-state index in [0.717, 1.165) is 22.3 Å². The van der Waals surface area contributed by atoms with Gasteiger partial charge in [-0.05, 0) is 54.8 Å². The number of ether oxygens (including phenoxy) is 2. The first-order chi connectivity index (χ1) is 11.4. The zero-order valence-electron chi connectivity index (χ0n) is 14.1. The lowest BCUT2D eigenvalue weighted by Gasteiger charge is -2.10. The molecule has 5 nitrogen and oxygen atoms in total. The molecule has 0 atom stereocenters. The highest BCUT2D eigenvalue weighted by molar-refractivity contribution is 6.35. The number of hydrogen-bond donors (Lipinski definition) is 2. The Kier molecular flexibility index (Phi) is 3.93. The van der Waals surface area contributed by atoms with Gasteiger partial charge in [-0.3, -0.25) is 4.79 Å². The van der Waals surface area contributed by atoms with Crippen molar-refractivity contribution in [2.24, 2.45) is 0 Å². The van der Waals surface area contributed by atoms with Crippen LogP contribution in [-0.2, 0) is 4.79 Å². The van der Waals surface area contributed by atoms with E-state index in [4.69, 9.17) is 9.47 Å². The summed E-state index contributed by atoms with van der Waals surface area (Å²) < 4.78 is 10.6. The number of benzene rings is 2. The molecule has 0 aliphatic carbocycles. The summed E-state index contributed by atoms with van der Waals surface area (Å²) in [4.78, 5) is 12.4. The van der Waals surface area contributed by atoms with Crippen LogP contribution in [0.5, 0.6) is 17.2 Å². The van der Waals surface area contributed by atoms with Gasteiger partial charge in [0, 0.05) is 17.2 Å². The Labute approximate surface area is 140 Å². The summed E-state index contributed by atoms with van der Waals surface area (Å²) in [7, 11) is 3.12. The normalized spacial score (nSPS) is 14.5. The topological polar surface area (TPSA) is 67.8 Å². The molecule has 0 saturated carbocycles. The monoisotopic (exact) mass is 325 g/mol. The minimum Gasteiger partial charge on any atom is -0.507 e. The summed E-state index contributed by atoms with van der Waals surface area (Å²) in [6, 6.07) is 7.24. The number of anilines is 1. The first-order valence-corrected chi connectivity index (χ1v) is 7.54. The number of aryl methyl sites for hydroxylation is 2. The second-order valence-electron chi connectivity index (χ2n) is 5.77. The first kappa shape index (κ1) is 15.9. The summed E-state index contributed by atoms with van der Waals surface area (Å²) >= 11 is 0. The lowest BCUT2D eigenvalue weighted by atomic mass is 10.0. The predicted molar refractivity (Wildman–Crippen MR) is 93.6 cm³/mol. The van der Waals surface area contributed by atoms with E-state index in [2.05, 4.69) is 5.32 Å². The fraction of sp³-hybridized carbons (Fsp3) is 0.211. The highest BCUT2D eigenvalue weighted by atomic mass is 16.5. The van der Waals surface area contributed by atoms with Crippen molar-refractivity contribution in [1.29, 1.82) is 0 Å². The number of nitrogens with one attached hydrogen (secondary N) is 1. The number of carbonyl (C=O) groups excluding carboxylic acids is 1. The van der Waals surface area contributed by atoms with Gasteiger partial charge in [0.1, 0.15) is 5.75 Å². The van der Waals surface area contributed by atoms with Gasteiger partial charge in [-0.1, -0.05) is 0 Å². The Bertz CT molecular complexity index is 845. The van der Waals surface area contributed by atoms with Gasteiger partial charge in [-0.25, -0.2) is 0 Å². The van der Waals surface area contributed by atoms with Gasteiger partial charge in [-0.2, -0.15) is 0 Å². The molecule has 2 N–H and O–H groups in total. The Morgan fingerprint density at radius 1 is 1.00 bits per heavy atom. The molecular weight excluding hydrogens is 306 g/mol. The van der Waals surface area contributed by atoms with Crippen molar-refractivity contribution in [2.45, 2.75) is 13.8 Å². The summed E-state index contributed by atoms with van der Waals surface area (Å²) in [6.07, 6.45) is 1.81. The van der Waals surface area contributed by atoms with E-state index in [-0.39, 0.29) is 11.7 Å². The van der Waals surface area contributed by atoms with Crippen molar-refractivity contribution < 1.29 is 19.4 Å². The van der Waals surface area contributed by atoms with Crippen molar-refractivity contribution in [2.75, 3.05) is 19.5 Å². The fourth-order valence-corrected chi connectivity index (χ4v) is 2.90. The zero-order chi connectivity index (χ0) is 17.4. The molecule has 3 rings (SSSR count). The zero-order valence-corrected chi connectivity index (χ0v) is 14.1. The van der Waals surface area contributed by atoms with Crippen LogP contribution in [0.2, 0.25) is 0 Å². The van der Waals surface area contributed by atoms with Crippen molar-refractivity contribution in [3.63, 3.8) is 0 Å². The molecular formula is C19H19NO4. The fourth-order valence-electron chi connectivity index (χ4n) is 2.90. The minimum absolute atomic E-state index is 0.177. The molecule has 1 aliphatic rings. The lowest BCUT2D eigenvalue weighted by Crippen LogP contribution is -2.03. The summed E-state index contributed by atoms with van der Waals surface area (Å²) in [6.45, 7) is 3.67. The molecule has 0 spiro atoms. The van der Waals surface area contributed by atoms with Crippen LogP contribution in [0, 0.1) is 13.8 Å². The van der Waals surface area contributed by atoms with E-state index in [9.17, 15) is 9.90 Å². The van der Waals surface area contributed by atoms with Crippen molar-refractivity contribution >= 4 is 23.2 Å². The highest BCUT2D eigenvalue weighted by Gasteiger charge is 2.26. The standard InChI is InChI=1S/C19H19NO4/c1-10-5-12(6-11(2)18(10)21)7-14-13-8-16(23-3)17(24-4)9-15(13)20-19(14)22/h5-9,21H,1-4H3,(H,20,22). The lowest BCUT2D eigenvalue weighted by molar-refractivity contribution is -0.110. The van der Waals surface area contributed by atoms with Gasteiger partial charge in [-0.15, -0.1) is 0 Å². The summed E-state index contributed by atoms with van der Waals surface area (Å²) in [5, 5.41) is 12.7. The van der Waals surface area contributed by atoms with Gasteiger partial charge >= 0.3 is 0 Å². The number of rotatable bonds is 3. The van der Waals surface area contributed by atoms with E-state index in [1.165, 1.54) is 0 Å². The number of phenols is 1. The molecule has 1 amide bonds. The van der Waals surface area contributed by atoms with E-state index < -0.39 is 0 Å². The van der Waals surface area contributed by atoms with E-state index in [0.29, 0.717) is 22.8 Å². The first-order valence-electron chi connectivity index (χ1n) is 7.54. The number of fused-ring (bicyclic) bond motifs is 1. The van der Waals surface area contributed by atoms with Gasteiger partial charge in [0.2, 0.25) is 0 Å². The van der Waals surface area contributed by atoms with Crippen LogP contribution in [-0.4, -0.2) is 25.2 Å². The maximum atomic E-state index is 12.4. The van der Waals surface area contributed by atoms with Crippen LogP contribution in [0.25, 0.3) is 11.6 Å². The Morgan fingerprint density at radius 3 is 2.17 bits per heavy atom. The second-order valence-corrected chi connectivity index (χ2v) is 5.77.